The van der Waals surface area contributed by atoms with Gasteiger partial charge >= 0.3 is 11.9 Å². The van der Waals surface area contributed by atoms with E-state index in [2.05, 4.69) is 4.98 Å². The van der Waals surface area contributed by atoms with E-state index in [-0.39, 0.29) is 16.3 Å². The highest BCUT2D eigenvalue weighted by atomic mass is 35.5. The van der Waals surface area contributed by atoms with Gasteiger partial charge in [0, 0.05) is 27.6 Å². The maximum atomic E-state index is 11.1. The molecule has 0 aliphatic heterocycles. The Morgan fingerprint density at radius 2 is 1.89 bits per heavy atom. The third kappa shape index (κ3) is 2.57. The van der Waals surface area contributed by atoms with Crippen LogP contribution in [0.15, 0.2) is 18.2 Å². The van der Waals surface area contributed by atoms with Crippen LogP contribution in [0.1, 0.15) is 16.1 Å². The molecule has 3 N–H and O–H groups in total. The van der Waals surface area contributed by atoms with E-state index in [9.17, 15) is 9.59 Å². The molecule has 1 heterocycles. The molecule has 98 valence electrons. The van der Waals surface area contributed by atoms with Gasteiger partial charge in [0.25, 0.3) is 0 Å². The summed E-state index contributed by atoms with van der Waals surface area (Å²) in [6, 6.07) is 2.98. The summed E-state index contributed by atoms with van der Waals surface area (Å²) in [5, 5.41) is 18.7. The molecule has 0 amide bonds. The van der Waals surface area contributed by atoms with Crippen LogP contribution in [-0.4, -0.2) is 27.1 Å². The van der Waals surface area contributed by atoms with Gasteiger partial charge in [-0.1, -0.05) is 23.2 Å². The molecule has 0 fully saturated rings. The number of H-pyrrole nitrogens is 1. The van der Waals surface area contributed by atoms with E-state index < -0.39 is 11.9 Å². The number of carbonyl (C=O) groups is 2. The zero-order valence-corrected chi connectivity index (χ0v) is 10.8. The maximum Gasteiger partial charge on any atom is 0.352 e. The SMILES string of the molecule is O=C(O)C=Cc1c(C(=O)O)[nH]c2cc(Cl)cc(Cl)c12. The van der Waals surface area contributed by atoms with Crippen LogP contribution in [0.2, 0.25) is 10.0 Å². The molecule has 0 atom stereocenters. The lowest BCUT2D eigenvalue weighted by Gasteiger charge is -1.98. The molecule has 0 unspecified atom stereocenters. The van der Waals surface area contributed by atoms with E-state index in [1.807, 2.05) is 0 Å². The van der Waals surface area contributed by atoms with Crippen molar-refractivity contribution in [2.24, 2.45) is 0 Å². The first kappa shape index (κ1) is 13.5. The highest BCUT2D eigenvalue weighted by Crippen LogP contribution is 2.33. The zero-order valence-electron chi connectivity index (χ0n) is 9.28. The minimum Gasteiger partial charge on any atom is -0.478 e. The van der Waals surface area contributed by atoms with Crippen molar-refractivity contribution in [3.05, 3.63) is 39.5 Å². The lowest BCUT2D eigenvalue weighted by Crippen LogP contribution is -1.98. The first-order chi connectivity index (χ1) is 8.90. The second kappa shape index (κ2) is 4.95. The van der Waals surface area contributed by atoms with Crippen molar-refractivity contribution in [1.82, 2.24) is 4.98 Å². The normalized spacial score (nSPS) is 11.3. The molecule has 0 aliphatic carbocycles. The maximum absolute atomic E-state index is 11.1. The lowest BCUT2D eigenvalue weighted by atomic mass is 10.1. The van der Waals surface area contributed by atoms with Crippen molar-refractivity contribution in [3.63, 3.8) is 0 Å². The number of fused-ring (bicyclic) bond motifs is 1. The summed E-state index contributed by atoms with van der Waals surface area (Å²) in [5.41, 5.74) is 0.489. The van der Waals surface area contributed by atoms with Gasteiger partial charge in [0.15, 0.2) is 0 Å². The quantitative estimate of drug-likeness (QED) is 0.759. The number of aromatic carboxylic acids is 1. The van der Waals surface area contributed by atoms with Crippen LogP contribution in [0.4, 0.5) is 0 Å². The zero-order chi connectivity index (χ0) is 14.2. The Morgan fingerprint density at radius 1 is 1.21 bits per heavy atom. The van der Waals surface area contributed by atoms with Gasteiger partial charge in [-0.05, 0) is 18.2 Å². The van der Waals surface area contributed by atoms with Crippen molar-refractivity contribution < 1.29 is 19.8 Å². The number of carboxylic acid groups (broad SMARTS) is 2. The predicted molar refractivity (Wildman–Crippen MR) is 71.9 cm³/mol. The molecule has 2 rings (SSSR count). The van der Waals surface area contributed by atoms with Crippen molar-refractivity contribution in [1.29, 1.82) is 0 Å². The lowest BCUT2D eigenvalue weighted by molar-refractivity contribution is -0.131. The molecular formula is C12H7Cl2NO4. The van der Waals surface area contributed by atoms with Crippen LogP contribution < -0.4 is 0 Å². The van der Waals surface area contributed by atoms with Crippen LogP contribution in [0, 0.1) is 0 Å². The summed E-state index contributed by atoms with van der Waals surface area (Å²) in [4.78, 5) is 24.4. The fraction of sp³-hybridized carbons (Fsp3) is 0. The van der Waals surface area contributed by atoms with Gasteiger partial charge in [-0.3, -0.25) is 0 Å². The largest absolute Gasteiger partial charge is 0.478 e. The Morgan fingerprint density at radius 3 is 2.47 bits per heavy atom. The fourth-order valence-electron chi connectivity index (χ4n) is 1.76. The number of halogens is 2. The first-order valence-corrected chi connectivity index (χ1v) is 5.80. The van der Waals surface area contributed by atoms with Gasteiger partial charge in [0.1, 0.15) is 5.69 Å². The first-order valence-electron chi connectivity index (χ1n) is 5.05. The molecule has 7 heteroatoms. The van der Waals surface area contributed by atoms with Crippen LogP contribution in [0.25, 0.3) is 17.0 Å². The van der Waals surface area contributed by atoms with Gasteiger partial charge in [0.05, 0.1) is 5.02 Å². The number of nitrogens with one attached hydrogen (secondary N) is 1. The van der Waals surface area contributed by atoms with E-state index in [1.165, 1.54) is 18.2 Å². The Kier molecular flexibility index (Phi) is 3.50. The molecule has 1 aromatic carbocycles. The fourth-order valence-corrected chi connectivity index (χ4v) is 2.36. The highest BCUT2D eigenvalue weighted by molar-refractivity contribution is 6.39. The van der Waals surface area contributed by atoms with E-state index in [0.717, 1.165) is 6.08 Å². The Balaban J connectivity index is 2.80. The van der Waals surface area contributed by atoms with E-state index in [0.29, 0.717) is 15.9 Å². The Bertz CT molecular complexity index is 718. The standard InChI is InChI=1S/C12H7Cl2NO4/c13-5-3-7(14)10-6(1-2-9(16)17)11(12(18)19)15-8(10)4-5/h1-4,15H,(H,16,17)(H,18,19). The van der Waals surface area contributed by atoms with Crippen molar-refractivity contribution in [2.75, 3.05) is 0 Å². The number of carboxylic acids is 2. The molecule has 1 aromatic heterocycles. The molecule has 2 aromatic rings. The summed E-state index contributed by atoms with van der Waals surface area (Å²) in [7, 11) is 0. The Labute approximate surface area is 117 Å². The summed E-state index contributed by atoms with van der Waals surface area (Å²) in [5.74, 6) is -2.40. The minimum atomic E-state index is -1.21. The summed E-state index contributed by atoms with van der Waals surface area (Å²) in [6.45, 7) is 0. The van der Waals surface area contributed by atoms with Crippen molar-refractivity contribution >= 4 is 52.1 Å². The van der Waals surface area contributed by atoms with Crippen LogP contribution in [0.5, 0.6) is 0 Å². The van der Waals surface area contributed by atoms with E-state index >= 15 is 0 Å². The van der Waals surface area contributed by atoms with Gasteiger partial charge in [-0.15, -0.1) is 0 Å². The molecule has 0 spiro atoms. The molecule has 0 saturated heterocycles. The molecular weight excluding hydrogens is 293 g/mol. The third-order valence-corrected chi connectivity index (χ3v) is 2.98. The third-order valence-electron chi connectivity index (χ3n) is 2.46. The average Bonchev–Trinajstić information content (AvgIpc) is 2.64. The number of aromatic amines is 1. The molecule has 0 aliphatic rings. The number of hydrogen-bond donors (Lipinski definition) is 3. The average molecular weight is 300 g/mol. The predicted octanol–water partition coefficient (Wildman–Crippen LogP) is 3.27. The van der Waals surface area contributed by atoms with Crippen LogP contribution >= 0.6 is 23.2 Å². The molecule has 0 saturated carbocycles. The number of hydrogen-bond acceptors (Lipinski definition) is 2. The number of rotatable bonds is 3. The van der Waals surface area contributed by atoms with Gasteiger partial charge in [0.2, 0.25) is 0 Å². The second-order valence-corrected chi connectivity index (χ2v) is 4.54. The smallest absolute Gasteiger partial charge is 0.352 e. The summed E-state index contributed by atoms with van der Waals surface area (Å²) >= 11 is 11.9. The van der Waals surface area contributed by atoms with E-state index in [4.69, 9.17) is 33.4 Å². The Hall–Kier alpha value is -1.98. The van der Waals surface area contributed by atoms with Gasteiger partial charge in [-0.2, -0.15) is 0 Å². The van der Waals surface area contributed by atoms with E-state index in [1.54, 1.807) is 0 Å². The highest BCUT2D eigenvalue weighted by Gasteiger charge is 2.18. The molecule has 5 nitrogen and oxygen atoms in total. The number of benzene rings is 1. The van der Waals surface area contributed by atoms with Crippen molar-refractivity contribution in [3.8, 4) is 0 Å². The molecule has 0 bridgehead atoms. The topological polar surface area (TPSA) is 90.4 Å². The molecule has 19 heavy (non-hydrogen) atoms. The number of aliphatic carboxylic acids is 1. The minimum absolute atomic E-state index is 0.142. The number of aromatic nitrogens is 1. The summed E-state index contributed by atoms with van der Waals surface area (Å²) in [6.07, 6.45) is 2.03. The van der Waals surface area contributed by atoms with Crippen LogP contribution in [-0.2, 0) is 4.79 Å². The van der Waals surface area contributed by atoms with Gasteiger partial charge in [-0.25, -0.2) is 9.59 Å². The van der Waals surface area contributed by atoms with Crippen LogP contribution in [0.3, 0.4) is 0 Å². The van der Waals surface area contributed by atoms with Crippen molar-refractivity contribution in [2.45, 2.75) is 0 Å². The monoisotopic (exact) mass is 299 g/mol. The molecule has 0 radical (unpaired) electrons. The van der Waals surface area contributed by atoms with Gasteiger partial charge < -0.3 is 15.2 Å². The second-order valence-electron chi connectivity index (χ2n) is 3.70. The summed E-state index contributed by atoms with van der Waals surface area (Å²) < 4.78 is 0.